The van der Waals surface area contributed by atoms with E-state index in [1.165, 1.54) is 58.4 Å². The topological polar surface area (TPSA) is 6.48 Å². The fourth-order valence-electron chi connectivity index (χ4n) is 3.82. The van der Waals surface area contributed by atoms with Gasteiger partial charge in [-0.1, -0.05) is 27.2 Å². The number of unbranched alkanes of at least 4 members (excludes halogenated alkanes) is 1. The maximum absolute atomic E-state index is 2.69. The van der Waals surface area contributed by atoms with Crippen LogP contribution in [0.5, 0.6) is 0 Å². The number of nitrogens with zero attached hydrogens (tertiary/aromatic N) is 2. The normalized spacial score (nSPS) is 24.3. The molecule has 0 N–H and O–H groups in total. The summed E-state index contributed by atoms with van der Waals surface area (Å²) in [5, 5.41) is 0. The van der Waals surface area contributed by atoms with Crippen LogP contribution in [-0.4, -0.2) is 48.1 Å². The molecule has 1 spiro atoms. The van der Waals surface area contributed by atoms with E-state index in [1.807, 2.05) is 0 Å². The van der Waals surface area contributed by atoms with Crippen molar-refractivity contribution < 1.29 is 0 Å². The lowest BCUT2D eigenvalue weighted by atomic mass is 9.78. The summed E-state index contributed by atoms with van der Waals surface area (Å²) in [5.41, 5.74) is 1.52. The van der Waals surface area contributed by atoms with E-state index in [0.717, 1.165) is 0 Å². The van der Waals surface area contributed by atoms with Crippen LogP contribution < -0.4 is 0 Å². The minimum absolute atomic E-state index is 0.358. The Balaban J connectivity index is 1.63. The highest BCUT2D eigenvalue weighted by Gasteiger charge is 2.48. The van der Waals surface area contributed by atoms with Crippen molar-refractivity contribution in [1.82, 2.24) is 9.80 Å². The lowest BCUT2D eigenvalue weighted by Gasteiger charge is -2.49. The van der Waals surface area contributed by atoms with E-state index >= 15 is 0 Å². The second kappa shape index (κ2) is 5.61. The maximum Gasteiger partial charge on any atom is 0.0125 e. The average Bonchev–Trinajstić information content (AvgIpc) is 2.66. The zero-order valence-electron chi connectivity index (χ0n) is 14.8. The summed E-state index contributed by atoms with van der Waals surface area (Å²) in [6.45, 7) is 20.8. The maximum atomic E-state index is 2.69. The predicted octanol–water partition coefficient (Wildman–Crippen LogP) is 4.01. The van der Waals surface area contributed by atoms with E-state index in [-0.39, 0.29) is 0 Å². The average molecular weight is 281 g/mol. The van der Waals surface area contributed by atoms with Crippen LogP contribution in [0.2, 0.25) is 0 Å². The summed E-state index contributed by atoms with van der Waals surface area (Å²) in [6, 6.07) is 0. The second-order valence-corrected chi connectivity index (χ2v) is 9.57. The van der Waals surface area contributed by atoms with Gasteiger partial charge < -0.3 is 4.90 Å². The van der Waals surface area contributed by atoms with Crippen LogP contribution in [0.3, 0.4) is 0 Å². The van der Waals surface area contributed by atoms with Gasteiger partial charge >= 0.3 is 0 Å². The highest BCUT2D eigenvalue weighted by Crippen LogP contribution is 2.41. The Morgan fingerprint density at radius 1 is 0.900 bits per heavy atom. The molecular formula is C18H36N2. The van der Waals surface area contributed by atoms with Gasteiger partial charge in [0, 0.05) is 30.6 Å². The molecule has 2 rings (SSSR count). The van der Waals surface area contributed by atoms with Gasteiger partial charge in [0.1, 0.15) is 0 Å². The van der Waals surface area contributed by atoms with Crippen molar-refractivity contribution in [2.45, 2.75) is 72.8 Å². The largest absolute Gasteiger partial charge is 0.302 e. The first-order valence-corrected chi connectivity index (χ1v) is 8.57. The fraction of sp³-hybridized carbons (Fsp3) is 1.00. The van der Waals surface area contributed by atoms with Crippen molar-refractivity contribution in [2.24, 2.45) is 10.8 Å². The van der Waals surface area contributed by atoms with Crippen LogP contribution in [-0.2, 0) is 0 Å². The summed E-state index contributed by atoms with van der Waals surface area (Å²) in [4.78, 5) is 5.37. The van der Waals surface area contributed by atoms with Crippen molar-refractivity contribution >= 4 is 0 Å². The van der Waals surface area contributed by atoms with Gasteiger partial charge in [-0.2, -0.15) is 0 Å². The minimum Gasteiger partial charge on any atom is -0.302 e. The molecule has 2 saturated heterocycles. The second-order valence-electron chi connectivity index (χ2n) is 9.57. The fourth-order valence-corrected chi connectivity index (χ4v) is 3.82. The third-order valence-corrected chi connectivity index (χ3v) is 5.16. The predicted molar refractivity (Wildman–Crippen MR) is 88.1 cm³/mol. The first-order valence-electron chi connectivity index (χ1n) is 8.57. The van der Waals surface area contributed by atoms with Crippen LogP contribution in [0.15, 0.2) is 0 Å². The Morgan fingerprint density at radius 2 is 1.55 bits per heavy atom. The molecule has 0 atom stereocenters. The summed E-state index contributed by atoms with van der Waals surface area (Å²) in [5.74, 6) is 0. The van der Waals surface area contributed by atoms with Crippen molar-refractivity contribution in [3.63, 3.8) is 0 Å². The van der Waals surface area contributed by atoms with E-state index < -0.39 is 0 Å². The molecule has 118 valence electrons. The Labute approximate surface area is 126 Å². The van der Waals surface area contributed by atoms with Gasteiger partial charge in [0.2, 0.25) is 0 Å². The van der Waals surface area contributed by atoms with Crippen LogP contribution in [0.4, 0.5) is 0 Å². The van der Waals surface area contributed by atoms with E-state index in [4.69, 9.17) is 0 Å². The molecular weight excluding hydrogens is 244 g/mol. The van der Waals surface area contributed by atoms with Crippen LogP contribution in [0.25, 0.3) is 0 Å². The number of hydrogen-bond acceptors (Lipinski definition) is 2. The molecule has 0 aliphatic carbocycles. The zero-order chi connectivity index (χ0) is 15.0. The molecule has 2 aliphatic heterocycles. The molecule has 0 radical (unpaired) electrons. The van der Waals surface area contributed by atoms with Gasteiger partial charge in [0.25, 0.3) is 0 Å². The Morgan fingerprint density at radius 3 is 2.05 bits per heavy atom. The summed E-state index contributed by atoms with van der Waals surface area (Å²) >= 11 is 0. The Hall–Kier alpha value is -0.0800. The zero-order valence-corrected chi connectivity index (χ0v) is 14.8. The standard InChI is InChI=1S/C18H36N2/c1-16(2,3)9-7-8-11-19-13-18(14-19)10-12-20(15-18)17(4,5)6/h7-15H2,1-6H3. The molecule has 2 aliphatic rings. The lowest BCUT2D eigenvalue weighted by Crippen LogP contribution is -2.58. The van der Waals surface area contributed by atoms with Gasteiger partial charge in [-0.15, -0.1) is 0 Å². The van der Waals surface area contributed by atoms with Crippen molar-refractivity contribution in [3.05, 3.63) is 0 Å². The van der Waals surface area contributed by atoms with Gasteiger partial charge in [0.05, 0.1) is 0 Å². The molecule has 0 aromatic rings. The van der Waals surface area contributed by atoms with Gasteiger partial charge in [0.15, 0.2) is 0 Å². The SMILES string of the molecule is CC(C)(C)CCCCN1CC2(CCN(C(C)(C)C)C2)C1. The highest BCUT2D eigenvalue weighted by molar-refractivity contribution is 5.03. The van der Waals surface area contributed by atoms with E-state index in [2.05, 4.69) is 51.3 Å². The third kappa shape index (κ3) is 4.21. The van der Waals surface area contributed by atoms with Crippen molar-refractivity contribution in [3.8, 4) is 0 Å². The molecule has 0 amide bonds. The monoisotopic (exact) mass is 280 g/mol. The Kier molecular flexibility index (Phi) is 4.57. The van der Waals surface area contributed by atoms with Gasteiger partial charge in [-0.3, -0.25) is 4.90 Å². The smallest absolute Gasteiger partial charge is 0.0125 e. The summed E-state index contributed by atoms with van der Waals surface area (Å²) < 4.78 is 0. The molecule has 2 heteroatoms. The molecule has 20 heavy (non-hydrogen) atoms. The molecule has 0 bridgehead atoms. The van der Waals surface area contributed by atoms with Gasteiger partial charge in [-0.25, -0.2) is 0 Å². The van der Waals surface area contributed by atoms with Crippen LogP contribution in [0, 0.1) is 10.8 Å². The molecule has 0 aromatic carbocycles. The summed E-state index contributed by atoms with van der Waals surface area (Å²) in [6.07, 6.45) is 5.56. The molecule has 2 nitrogen and oxygen atoms in total. The number of rotatable bonds is 4. The first kappa shape index (κ1) is 16.3. The molecule has 2 fully saturated rings. The van der Waals surface area contributed by atoms with Crippen LogP contribution >= 0.6 is 0 Å². The summed E-state index contributed by atoms with van der Waals surface area (Å²) in [7, 11) is 0. The van der Waals surface area contributed by atoms with E-state index in [1.54, 1.807) is 0 Å². The Bertz CT molecular complexity index is 315. The quantitative estimate of drug-likeness (QED) is 0.718. The number of likely N-dealkylation sites (tertiary alicyclic amines) is 2. The van der Waals surface area contributed by atoms with Crippen molar-refractivity contribution in [2.75, 3.05) is 32.7 Å². The van der Waals surface area contributed by atoms with E-state index in [0.29, 0.717) is 16.4 Å². The minimum atomic E-state index is 0.358. The third-order valence-electron chi connectivity index (χ3n) is 5.16. The van der Waals surface area contributed by atoms with E-state index in [9.17, 15) is 0 Å². The molecule has 2 heterocycles. The van der Waals surface area contributed by atoms with Gasteiger partial charge in [-0.05, 0) is 58.5 Å². The first-order chi connectivity index (χ1) is 9.10. The highest BCUT2D eigenvalue weighted by atomic mass is 15.3. The molecule has 0 unspecified atom stereocenters. The number of hydrogen-bond donors (Lipinski definition) is 0. The van der Waals surface area contributed by atoms with Crippen LogP contribution in [0.1, 0.15) is 67.2 Å². The lowest BCUT2D eigenvalue weighted by molar-refractivity contribution is -0.000526. The van der Waals surface area contributed by atoms with Crippen molar-refractivity contribution in [1.29, 1.82) is 0 Å². The molecule has 0 saturated carbocycles. The molecule has 0 aromatic heterocycles.